The van der Waals surface area contributed by atoms with Crippen molar-refractivity contribution in [3.8, 4) is 5.75 Å². The summed E-state index contributed by atoms with van der Waals surface area (Å²) in [5, 5.41) is 10.4. The van der Waals surface area contributed by atoms with Crippen molar-refractivity contribution in [2.45, 2.75) is 94.6 Å². The molecule has 52 heavy (non-hydrogen) atoms. The summed E-state index contributed by atoms with van der Waals surface area (Å²) >= 11 is 0. The lowest BCUT2D eigenvalue weighted by atomic mass is 9.85. The molecule has 284 valence electrons. The first-order valence-electron chi connectivity index (χ1n) is 18.3. The Balaban J connectivity index is 1.29. The van der Waals surface area contributed by atoms with Crippen LogP contribution in [0.5, 0.6) is 5.75 Å². The fourth-order valence-electron chi connectivity index (χ4n) is 8.67. The summed E-state index contributed by atoms with van der Waals surface area (Å²) in [6.45, 7) is 5.59. The van der Waals surface area contributed by atoms with E-state index in [1.807, 2.05) is 0 Å². The molecule has 2 aromatic carbocycles. The third-order valence-electron chi connectivity index (χ3n) is 11.4. The van der Waals surface area contributed by atoms with E-state index in [1.54, 1.807) is 49.9 Å². The molecule has 1 saturated carbocycles. The quantitative estimate of drug-likeness (QED) is 0.238. The van der Waals surface area contributed by atoms with Gasteiger partial charge in [-0.05, 0) is 81.8 Å². The number of benzene rings is 2. The van der Waals surface area contributed by atoms with Crippen molar-refractivity contribution in [3.05, 3.63) is 59.2 Å². The zero-order chi connectivity index (χ0) is 37.6. The van der Waals surface area contributed by atoms with Crippen LogP contribution in [0.1, 0.15) is 87.8 Å². The van der Waals surface area contributed by atoms with Crippen LogP contribution in [0.4, 0.5) is 23.2 Å². The first-order chi connectivity index (χ1) is 24.5. The number of hydrogen-bond donors (Lipinski definition) is 1. The molecule has 4 aliphatic rings. The van der Waals surface area contributed by atoms with E-state index in [-0.39, 0.29) is 50.4 Å². The zero-order valence-electron chi connectivity index (χ0n) is 30.3. The molecule has 1 N–H and O–H groups in total. The topological polar surface area (TPSA) is 99.6 Å². The Morgan fingerprint density at radius 1 is 0.904 bits per heavy atom. The molecule has 1 aliphatic carbocycles. The average Bonchev–Trinajstić information content (AvgIpc) is 3.87. The van der Waals surface area contributed by atoms with E-state index in [9.17, 15) is 32.7 Å². The number of rotatable bonds is 8. The molecular weight excluding hydrogens is 682 g/mol. The number of ether oxygens (including phenoxy) is 2. The van der Waals surface area contributed by atoms with E-state index < -0.39 is 58.6 Å². The van der Waals surface area contributed by atoms with Gasteiger partial charge in [-0.2, -0.15) is 13.2 Å². The Morgan fingerprint density at radius 2 is 1.56 bits per heavy atom. The number of likely N-dealkylation sites (tertiary alicyclic amines) is 2. The van der Waals surface area contributed by atoms with Crippen LogP contribution in [0, 0.1) is 11.8 Å². The number of amides is 1. The van der Waals surface area contributed by atoms with E-state index in [2.05, 4.69) is 4.90 Å². The Kier molecular flexibility index (Phi) is 10.6. The first-order valence-corrected chi connectivity index (χ1v) is 18.3. The van der Waals surface area contributed by atoms with Gasteiger partial charge in [0.05, 0.1) is 24.5 Å². The van der Waals surface area contributed by atoms with Crippen LogP contribution in [0.15, 0.2) is 42.5 Å². The number of anilines is 1. The molecule has 0 bridgehead atoms. The number of aliphatic carboxylic acids is 1. The molecule has 1 amide bonds. The third kappa shape index (κ3) is 7.75. The Bertz CT molecular complexity index is 1630. The second-order valence-electron chi connectivity index (χ2n) is 15.9. The molecule has 0 radical (unpaired) electrons. The fraction of sp³-hybridized carbons (Fsp3) is 0.615. The second-order valence-corrected chi connectivity index (χ2v) is 15.9. The van der Waals surface area contributed by atoms with Gasteiger partial charge in [0.2, 0.25) is 5.67 Å². The van der Waals surface area contributed by atoms with Crippen molar-refractivity contribution < 1.29 is 46.5 Å². The van der Waals surface area contributed by atoms with Gasteiger partial charge in [-0.1, -0.05) is 31.0 Å². The summed E-state index contributed by atoms with van der Waals surface area (Å²) in [6, 6.07) is 10.4. The average molecular weight is 732 g/mol. The molecule has 13 heteroatoms. The molecule has 0 unspecified atom stereocenters. The number of hydrogen-bond acceptors (Lipinski definition) is 7. The predicted octanol–water partition coefficient (Wildman–Crippen LogP) is 6.65. The van der Waals surface area contributed by atoms with E-state index in [1.165, 1.54) is 18.1 Å². The van der Waals surface area contributed by atoms with Gasteiger partial charge < -0.3 is 24.4 Å². The predicted molar refractivity (Wildman–Crippen MR) is 186 cm³/mol. The van der Waals surface area contributed by atoms with Gasteiger partial charge >= 0.3 is 18.1 Å². The van der Waals surface area contributed by atoms with Gasteiger partial charge in [0.1, 0.15) is 11.4 Å². The lowest BCUT2D eigenvalue weighted by Gasteiger charge is -2.36. The van der Waals surface area contributed by atoms with E-state index in [0.29, 0.717) is 36.3 Å². The number of esters is 1. The van der Waals surface area contributed by atoms with Gasteiger partial charge in [-0.15, -0.1) is 0 Å². The number of carboxylic acids is 1. The van der Waals surface area contributed by atoms with Crippen molar-refractivity contribution in [1.29, 1.82) is 0 Å². The highest BCUT2D eigenvalue weighted by Crippen LogP contribution is 2.47. The molecule has 4 atom stereocenters. The number of alkyl halides is 4. The van der Waals surface area contributed by atoms with Crippen molar-refractivity contribution in [2.75, 3.05) is 51.3 Å². The zero-order valence-corrected chi connectivity index (χ0v) is 30.3. The highest BCUT2D eigenvalue weighted by Gasteiger charge is 2.58. The molecule has 9 nitrogen and oxygen atoms in total. The smallest absolute Gasteiger partial charge is 0.416 e. The number of carbonyl (C=O) groups excluding carboxylic acids is 2. The summed E-state index contributed by atoms with van der Waals surface area (Å²) in [4.78, 5) is 45.1. The number of carbonyl (C=O) groups is 3. The lowest BCUT2D eigenvalue weighted by Crippen LogP contribution is -2.50. The minimum atomic E-state index is -4.66. The molecule has 4 fully saturated rings. The SMILES string of the molecule is COc1ccc([C@@H]2CN(C3CCCC3)C[C@@]2(F)C(=O)N2C[C@H](C(=O)O)[C@@H](c3ccc(C(F)(F)F)cc3N3CCC(C(=O)OC(C)(C)C)CC3)C2)cc1. The fourth-order valence-corrected chi connectivity index (χ4v) is 8.67. The highest BCUT2D eigenvalue weighted by atomic mass is 19.4. The maximum atomic E-state index is 17.6. The standard InChI is InChI=1S/C39H49F4N3O6/c1-37(2,3)52-35(49)25-15-17-44(18-16-25)33-19-26(39(41,42)43)11-14-29(33)30-20-45(21-31(30)34(47)48)36(50)38(40)23-46(27-7-5-6-8-27)22-32(38)24-9-12-28(51-4)13-10-24/h9-14,19,25,27,30-32H,5-8,15-18,20-23H2,1-4H3,(H,47,48)/t30-,31+,32+,38+/m1/s1. The first kappa shape index (κ1) is 37.9. The molecule has 3 heterocycles. The summed E-state index contributed by atoms with van der Waals surface area (Å²) < 4.78 is 70.6. The van der Waals surface area contributed by atoms with Crippen LogP contribution in [-0.2, 0) is 25.3 Å². The van der Waals surface area contributed by atoms with Gasteiger partial charge in [0.25, 0.3) is 5.91 Å². The number of halogens is 4. The van der Waals surface area contributed by atoms with E-state index >= 15 is 4.39 Å². The molecule has 2 aromatic rings. The Hall–Kier alpha value is -3.87. The maximum absolute atomic E-state index is 17.6. The van der Waals surface area contributed by atoms with Crippen molar-refractivity contribution in [1.82, 2.24) is 9.80 Å². The van der Waals surface area contributed by atoms with Gasteiger partial charge in [0.15, 0.2) is 0 Å². The Labute approximate surface area is 302 Å². The van der Waals surface area contributed by atoms with Crippen molar-refractivity contribution in [3.63, 3.8) is 0 Å². The van der Waals surface area contributed by atoms with Crippen LogP contribution < -0.4 is 9.64 Å². The van der Waals surface area contributed by atoms with E-state index in [0.717, 1.165) is 37.8 Å². The monoisotopic (exact) mass is 731 g/mol. The van der Waals surface area contributed by atoms with Crippen LogP contribution >= 0.6 is 0 Å². The maximum Gasteiger partial charge on any atom is 0.416 e. The largest absolute Gasteiger partial charge is 0.497 e. The van der Waals surface area contributed by atoms with Gasteiger partial charge in [-0.3, -0.25) is 19.3 Å². The summed E-state index contributed by atoms with van der Waals surface area (Å²) in [6.07, 6.45) is -0.0749. The number of carboxylic acid groups (broad SMARTS) is 1. The normalized spacial score (nSPS) is 26.6. The number of nitrogens with zero attached hydrogens (tertiary/aromatic N) is 3. The molecule has 0 spiro atoms. The van der Waals surface area contributed by atoms with Crippen LogP contribution in [-0.4, -0.2) is 96.4 Å². The van der Waals surface area contributed by atoms with Crippen molar-refractivity contribution >= 4 is 23.5 Å². The summed E-state index contributed by atoms with van der Waals surface area (Å²) in [5.41, 5.74) is -2.71. The third-order valence-corrected chi connectivity index (χ3v) is 11.4. The molecule has 6 rings (SSSR count). The van der Waals surface area contributed by atoms with Crippen LogP contribution in [0.2, 0.25) is 0 Å². The molecule has 0 aromatic heterocycles. The van der Waals surface area contributed by atoms with E-state index in [4.69, 9.17) is 9.47 Å². The minimum Gasteiger partial charge on any atom is -0.497 e. The molecule has 3 saturated heterocycles. The van der Waals surface area contributed by atoms with Gasteiger partial charge in [0, 0.05) is 62.8 Å². The number of piperidine rings is 1. The van der Waals surface area contributed by atoms with Gasteiger partial charge in [-0.25, -0.2) is 4.39 Å². The van der Waals surface area contributed by atoms with Crippen molar-refractivity contribution in [2.24, 2.45) is 11.8 Å². The van der Waals surface area contributed by atoms with Crippen LogP contribution in [0.25, 0.3) is 0 Å². The summed E-state index contributed by atoms with van der Waals surface area (Å²) in [7, 11) is 1.53. The van der Waals surface area contributed by atoms with Crippen LogP contribution in [0.3, 0.4) is 0 Å². The highest BCUT2D eigenvalue weighted by molar-refractivity contribution is 5.89. The number of methoxy groups -OCH3 is 1. The molecule has 3 aliphatic heterocycles. The lowest BCUT2D eigenvalue weighted by molar-refractivity contribution is -0.160. The second kappa shape index (κ2) is 14.5. The Morgan fingerprint density at radius 3 is 2.13 bits per heavy atom. The molecular formula is C39H49F4N3O6. The minimum absolute atomic E-state index is 0.121. The summed E-state index contributed by atoms with van der Waals surface area (Å²) in [5.74, 6) is -5.07.